The largest absolute Gasteiger partial charge is 0.358 e. The monoisotopic (exact) mass is 188 g/mol. The highest BCUT2D eigenvalue weighted by molar-refractivity contribution is 5.80. The quantitative estimate of drug-likeness (QED) is 0.553. The summed E-state index contributed by atoms with van der Waals surface area (Å²) < 4.78 is 0. The summed E-state index contributed by atoms with van der Waals surface area (Å²) in [4.78, 5) is 13.3. The first-order chi connectivity index (χ1) is 6.90. The van der Waals surface area contributed by atoms with Crippen LogP contribution in [0.15, 0.2) is 30.3 Å². The number of hydrogen-bond donors (Lipinski definition) is 2. The minimum absolute atomic E-state index is 0.677. The molecule has 3 nitrogen and oxygen atoms in total. The Hall–Kier alpha value is -1.77. The molecule has 0 atom stereocenters. The first kappa shape index (κ1) is 8.81. The maximum Gasteiger partial charge on any atom is 0.207 e. The van der Waals surface area contributed by atoms with Crippen LogP contribution in [-0.2, 0) is 11.2 Å². The van der Waals surface area contributed by atoms with E-state index in [1.54, 1.807) is 0 Å². The van der Waals surface area contributed by atoms with E-state index < -0.39 is 0 Å². The first-order valence-corrected chi connectivity index (χ1v) is 4.64. The summed E-state index contributed by atoms with van der Waals surface area (Å²) in [6.07, 6.45) is 1.57. The van der Waals surface area contributed by atoms with Crippen molar-refractivity contribution in [1.29, 1.82) is 0 Å². The number of aromatic amines is 1. The molecular formula is C11H12N2O. The smallest absolute Gasteiger partial charge is 0.207 e. The number of amides is 1. The van der Waals surface area contributed by atoms with Crippen LogP contribution in [0.25, 0.3) is 10.9 Å². The van der Waals surface area contributed by atoms with Crippen molar-refractivity contribution in [3.05, 3.63) is 36.0 Å². The molecule has 0 aliphatic carbocycles. The molecule has 0 bridgehead atoms. The minimum atomic E-state index is 0.677. The third-order valence-corrected chi connectivity index (χ3v) is 2.21. The van der Waals surface area contributed by atoms with Crippen LogP contribution in [0.2, 0.25) is 0 Å². The van der Waals surface area contributed by atoms with Crippen LogP contribution in [0.4, 0.5) is 0 Å². The van der Waals surface area contributed by atoms with Gasteiger partial charge in [-0.05, 0) is 17.5 Å². The van der Waals surface area contributed by atoms with Crippen molar-refractivity contribution in [2.24, 2.45) is 0 Å². The molecule has 0 fully saturated rings. The fraction of sp³-hybridized carbons (Fsp3) is 0.182. The molecule has 0 saturated heterocycles. The number of carbonyl (C=O) groups excluding carboxylic acids is 1. The zero-order chi connectivity index (χ0) is 9.80. The topological polar surface area (TPSA) is 44.9 Å². The molecule has 2 rings (SSSR count). The van der Waals surface area contributed by atoms with Gasteiger partial charge in [0, 0.05) is 24.2 Å². The maximum atomic E-state index is 10.0. The zero-order valence-corrected chi connectivity index (χ0v) is 7.79. The highest BCUT2D eigenvalue weighted by Gasteiger charge is 1.98. The molecule has 2 N–H and O–H groups in total. The van der Waals surface area contributed by atoms with Crippen molar-refractivity contribution in [2.45, 2.75) is 6.42 Å². The summed E-state index contributed by atoms with van der Waals surface area (Å²) in [7, 11) is 0. The van der Waals surface area contributed by atoms with E-state index in [1.807, 2.05) is 18.2 Å². The number of para-hydroxylation sites is 1. The Labute approximate surface area is 82.1 Å². The molecule has 0 aliphatic heterocycles. The van der Waals surface area contributed by atoms with Crippen LogP contribution in [0.1, 0.15) is 5.69 Å². The van der Waals surface area contributed by atoms with Crippen molar-refractivity contribution < 1.29 is 4.79 Å². The molecule has 2 aromatic rings. The average molecular weight is 188 g/mol. The van der Waals surface area contributed by atoms with Gasteiger partial charge in [-0.15, -0.1) is 0 Å². The Kier molecular flexibility index (Phi) is 2.49. The van der Waals surface area contributed by atoms with Crippen molar-refractivity contribution in [3.63, 3.8) is 0 Å². The number of carbonyl (C=O) groups is 1. The van der Waals surface area contributed by atoms with Crippen molar-refractivity contribution in [2.75, 3.05) is 6.54 Å². The van der Waals surface area contributed by atoms with Crippen molar-refractivity contribution >= 4 is 17.3 Å². The Morgan fingerprint density at radius 3 is 3.00 bits per heavy atom. The predicted octanol–water partition coefficient (Wildman–Crippen LogP) is 1.46. The number of nitrogens with one attached hydrogen (secondary N) is 2. The second-order valence-corrected chi connectivity index (χ2v) is 3.20. The number of hydrogen-bond acceptors (Lipinski definition) is 1. The fourth-order valence-corrected chi connectivity index (χ4v) is 1.53. The summed E-state index contributed by atoms with van der Waals surface area (Å²) in [6.45, 7) is 0.677. The van der Waals surface area contributed by atoms with Crippen molar-refractivity contribution in [3.8, 4) is 0 Å². The lowest BCUT2D eigenvalue weighted by atomic mass is 10.2. The molecule has 0 radical (unpaired) electrons. The van der Waals surface area contributed by atoms with Gasteiger partial charge < -0.3 is 10.3 Å². The van der Waals surface area contributed by atoms with E-state index in [0.29, 0.717) is 6.54 Å². The molecule has 1 aromatic heterocycles. The molecule has 0 unspecified atom stereocenters. The van der Waals surface area contributed by atoms with Gasteiger partial charge in [-0.25, -0.2) is 0 Å². The van der Waals surface area contributed by atoms with Crippen LogP contribution < -0.4 is 5.32 Å². The van der Waals surface area contributed by atoms with Gasteiger partial charge in [-0.2, -0.15) is 0 Å². The molecule has 1 heterocycles. The van der Waals surface area contributed by atoms with E-state index in [0.717, 1.165) is 24.0 Å². The lowest BCUT2D eigenvalue weighted by molar-refractivity contribution is -0.109. The van der Waals surface area contributed by atoms with Crippen LogP contribution in [0.3, 0.4) is 0 Å². The van der Waals surface area contributed by atoms with E-state index in [4.69, 9.17) is 0 Å². The van der Waals surface area contributed by atoms with Crippen LogP contribution in [0.5, 0.6) is 0 Å². The van der Waals surface area contributed by atoms with E-state index in [9.17, 15) is 4.79 Å². The van der Waals surface area contributed by atoms with Gasteiger partial charge in [0.05, 0.1) is 0 Å². The maximum absolute atomic E-state index is 10.0. The number of H-pyrrole nitrogens is 1. The summed E-state index contributed by atoms with van der Waals surface area (Å²) in [5.41, 5.74) is 2.30. The second-order valence-electron chi connectivity index (χ2n) is 3.20. The van der Waals surface area contributed by atoms with Gasteiger partial charge in [0.2, 0.25) is 6.41 Å². The standard InChI is InChI=1S/C11H12N2O/c14-8-12-6-5-10-7-9-3-1-2-4-11(9)13-10/h1-4,7-8,13H,5-6H2,(H,12,14). The van der Waals surface area contributed by atoms with Crippen LogP contribution in [0, 0.1) is 0 Å². The highest BCUT2D eigenvalue weighted by Crippen LogP contribution is 2.14. The Morgan fingerprint density at radius 2 is 2.21 bits per heavy atom. The molecule has 14 heavy (non-hydrogen) atoms. The summed E-state index contributed by atoms with van der Waals surface area (Å²) in [5, 5.41) is 3.86. The van der Waals surface area contributed by atoms with E-state index in [2.05, 4.69) is 22.4 Å². The number of fused-ring (bicyclic) bond motifs is 1. The van der Waals surface area contributed by atoms with Gasteiger partial charge in [-0.1, -0.05) is 18.2 Å². The van der Waals surface area contributed by atoms with Crippen molar-refractivity contribution in [1.82, 2.24) is 10.3 Å². The lowest BCUT2D eigenvalue weighted by Gasteiger charge is -1.95. The molecule has 3 heteroatoms. The number of aromatic nitrogens is 1. The lowest BCUT2D eigenvalue weighted by Crippen LogP contribution is -2.14. The van der Waals surface area contributed by atoms with Gasteiger partial charge >= 0.3 is 0 Å². The second kappa shape index (κ2) is 3.96. The van der Waals surface area contributed by atoms with Gasteiger partial charge in [-0.3, -0.25) is 4.79 Å². The molecule has 1 aromatic carbocycles. The minimum Gasteiger partial charge on any atom is -0.358 e. The average Bonchev–Trinajstić information content (AvgIpc) is 2.60. The SMILES string of the molecule is O=CNCCc1cc2ccccc2[nH]1. The molecule has 0 spiro atoms. The van der Waals surface area contributed by atoms with Crippen LogP contribution in [-0.4, -0.2) is 17.9 Å². The normalized spacial score (nSPS) is 10.3. The Morgan fingerprint density at radius 1 is 1.36 bits per heavy atom. The molecule has 1 amide bonds. The summed E-state index contributed by atoms with van der Waals surface area (Å²) in [6, 6.07) is 10.3. The van der Waals surface area contributed by atoms with Crippen LogP contribution >= 0.6 is 0 Å². The van der Waals surface area contributed by atoms with E-state index in [-0.39, 0.29) is 0 Å². The number of benzene rings is 1. The predicted molar refractivity (Wildman–Crippen MR) is 56.1 cm³/mol. The van der Waals surface area contributed by atoms with Gasteiger partial charge in [0.15, 0.2) is 0 Å². The number of rotatable bonds is 4. The van der Waals surface area contributed by atoms with E-state index in [1.165, 1.54) is 5.39 Å². The summed E-state index contributed by atoms with van der Waals surface area (Å²) in [5.74, 6) is 0. The third-order valence-electron chi connectivity index (χ3n) is 2.21. The highest BCUT2D eigenvalue weighted by atomic mass is 16.1. The molecule has 72 valence electrons. The molecule has 0 saturated carbocycles. The summed E-state index contributed by atoms with van der Waals surface area (Å²) >= 11 is 0. The van der Waals surface area contributed by atoms with Gasteiger partial charge in [0.1, 0.15) is 0 Å². The Bertz CT molecular complexity index is 401. The molecular weight excluding hydrogens is 176 g/mol. The molecule has 0 aliphatic rings. The Balaban J connectivity index is 2.14. The fourth-order valence-electron chi connectivity index (χ4n) is 1.53. The van der Waals surface area contributed by atoms with E-state index >= 15 is 0 Å². The first-order valence-electron chi connectivity index (χ1n) is 4.64. The third kappa shape index (κ3) is 1.76. The van der Waals surface area contributed by atoms with Gasteiger partial charge in [0.25, 0.3) is 0 Å². The zero-order valence-electron chi connectivity index (χ0n) is 7.79.